The van der Waals surface area contributed by atoms with E-state index in [1.54, 1.807) is 6.20 Å². The van der Waals surface area contributed by atoms with E-state index in [0.717, 1.165) is 29.8 Å². The normalized spacial score (nSPS) is 13.3. The summed E-state index contributed by atoms with van der Waals surface area (Å²) < 4.78 is 5.47. The number of urea groups is 1. The molecule has 5 nitrogen and oxygen atoms in total. The number of hydrogen-bond acceptors (Lipinski definition) is 3. The van der Waals surface area contributed by atoms with E-state index in [1.165, 1.54) is 11.1 Å². The van der Waals surface area contributed by atoms with Crippen LogP contribution in [0.1, 0.15) is 27.9 Å². The van der Waals surface area contributed by atoms with Crippen molar-refractivity contribution in [3.8, 4) is 0 Å². The maximum absolute atomic E-state index is 12.0. The number of aryl methyl sites for hydroxylation is 1. The molecule has 0 aliphatic carbocycles. The molecule has 1 aliphatic heterocycles. The van der Waals surface area contributed by atoms with Gasteiger partial charge in [-0.1, -0.05) is 18.2 Å². The molecule has 0 atom stereocenters. The Balaban J connectivity index is 1.53. The fraction of sp³-hybridized carbons (Fsp3) is 0.333. The van der Waals surface area contributed by atoms with Gasteiger partial charge in [0, 0.05) is 12.7 Å². The van der Waals surface area contributed by atoms with E-state index in [-0.39, 0.29) is 6.03 Å². The van der Waals surface area contributed by atoms with Gasteiger partial charge in [-0.05, 0) is 47.7 Å². The number of carbonyl (C=O) groups excluding carboxylic acids is 1. The molecule has 0 saturated heterocycles. The van der Waals surface area contributed by atoms with Crippen molar-refractivity contribution in [2.45, 2.75) is 33.0 Å². The topological polar surface area (TPSA) is 63.2 Å². The first-order valence-electron chi connectivity index (χ1n) is 7.83. The number of benzene rings is 1. The highest BCUT2D eigenvalue weighted by Crippen LogP contribution is 2.20. The van der Waals surface area contributed by atoms with E-state index >= 15 is 0 Å². The standard InChI is InChI=1S/C18H21N3O2/c1-13-5-7-19-16(9-13)11-21-18(22)20-10-14-3-2-4-15-12-23-8-6-17(14)15/h2-5,7,9H,6,8,10-12H2,1H3,(H2,20,21,22). The van der Waals surface area contributed by atoms with Gasteiger partial charge in [-0.3, -0.25) is 4.98 Å². The third-order valence-corrected chi connectivity index (χ3v) is 3.97. The van der Waals surface area contributed by atoms with Gasteiger partial charge in [0.2, 0.25) is 0 Å². The third kappa shape index (κ3) is 4.07. The molecule has 0 spiro atoms. The number of carbonyl (C=O) groups is 1. The fourth-order valence-corrected chi connectivity index (χ4v) is 2.77. The molecule has 2 N–H and O–H groups in total. The van der Waals surface area contributed by atoms with Crippen LogP contribution in [-0.2, 0) is 30.9 Å². The van der Waals surface area contributed by atoms with E-state index in [1.807, 2.05) is 25.1 Å². The largest absolute Gasteiger partial charge is 0.376 e. The van der Waals surface area contributed by atoms with Gasteiger partial charge in [-0.2, -0.15) is 0 Å². The Morgan fingerprint density at radius 3 is 3.00 bits per heavy atom. The number of nitrogens with zero attached hydrogens (tertiary/aromatic N) is 1. The van der Waals surface area contributed by atoms with Gasteiger partial charge < -0.3 is 15.4 Å². The quantitative estimate of drug-likeness (QED) is 0.912. The molecule has 1 aromatic carbocycles. The van der Waals surface area contributed by atoms with E-state index in [0.29, 0.717) is 19.7 Å². The Bertz CT molecular complexity index is 700. The van der Waals surface area contributed by atoms with Crippen LogP contribution >= 0.6 is 0 Å². The molecule has 2 heterocycles. The van der Waals surface area contributed by atoms with E-state index in [2.05, 4.69) is 27.8 Å². The van der Waals surface area contributed by atoms with Gasteiger partial charge in [0.15, 0.2) is 0 Å². The maximum Gasteiger partial charge on any atom is 0.315 e. The highest BCUT2D eigenvalue weighted by Gasteiger charge is 2.13. The van der Waals surface area contributed by atoms with Gasteiger partial charge in [-0.25, -0.2) is 4.79 Å². The Morgan fingerprint density at radius 1 is 1.26 bits per heavy atom. The molecule has 0 bridgehead atoms. The highest BCUT2D eigenvalue weighted by atomic mass is 16.5. The van der Waals surface area contributed by atoms with Crippen LogP contribution in [-0.4, -0.2) is 17.6 Å². The Kier molecular flexibility index (Phi) is 4.88. The summed E-state index contributed by atoms with van der Waals surface area (Å²) >= 11 is 0. The molecule has 0 fully saturated rings. The second-order valence-corrected chi connectivity index (χ2v) is 5.72. The lowest BCUT2D eigenvalue weighted by Crippen LogP contribution is -2.35. The third-order valence-electron chi connectivity index (χ3n) is 3.97. The number of fused-ring (bicyclic) bond motifs is 1. The maximum atomic E-state index is 12.0. The Labute approximate surface area is 136 Å². The lowest BCUT2D eigenvalue weighted by molar-refractivity contribution is 0.110. The van der Waals surface area contributed by atoms with Gasteiger partial charge in [0.25, 0.3) is 0 Å². The van der Waals surface area contributed by atoms with Gasteiger partial charge in [-0.15, -0.1) is 0 Å². The minimum absolute atomic E-state index is 0.182. The summed E-state index contributed by atoms with van der Waals surface area (Å²) in [6, 6.07) is 9.88. The number of nitrogens with one attached hydrogen (secondary N) is 2. The van der Waals surface area contributed by atoms with Crippen LogP contribution in [0.4, 0.5) is 4.79 Å². The number of aromatic nitrogens is 1. The Morgan fingerprint density at radius 2 is 2.13 bits per heavy atom. The molecule has 23 heavy (non-hydrogen) atoms. The molecule has 3 rings (SSSR count). The number of pyridine rings is 1. The average molecular weight is 311 g/mol. The van der Waals surface area contributed by atoms with Crippen molar-refractivity contribution >= 4 is 6.03 Å². The summed E-state index contributed by atoms with van der Waals surface area (Å²) in [4.78, 5) is 16.2. The minimum Gasteiger partial charge on any atom is -0.376 e. The lowest BCUT2D eigenvalue weighted by atomic mass is 9.97. The molecule has 5 heteroatoms. The summed E-state index contributed by atoms with van der Waals surface area (Å²) in [5, 5.41) is 5.75. The Hall–Kier alpha value is -2.40. The van der Waals surface area contributed by atoms with Gasteiger partial charge in [0.05, 0.1) is 25.5 Å². The molecule has 0 saturated carbocycles. The minimum atomic E-state index is -0.182. The van der Waals surface area contributed by atoms with Crippen molar-refractivity contribution in [2.75, 3.05) is 6.61 Å². The molecule has 2 aromatic rings. The van der Waals surface area contributed by atoms with E-state index in [9.17, 15) is 4.79 Å². The zero-order valence-corrected chi connectivity index (χ0v) is 13.3. The first-order valence-corrected chi connectivity index (χ1v) is 7.83. The zero-order chi connectivity index (χ0) is 16.1. The van der Waals surface area contributed by atoms with Crippen LogP contribution < -0.4 is 10.6 Å². The van der Waals surface area contributed by atoms with Crippen LogP contribution in [0.3, 0.4) is 0 Å². The summed E-state index contributed by atoms with van der Waals surface area (Å²) in [5.74, 6) is 0. The molecule has 2 amide bonds. The number of ether oxygens (including phenoxy) is 1. The van der Waals surface area contributed by atoms with Crippen molar-refractivity contribution in [2.24, 2.45) is 0 Å². The van der Waals surface area contributed by atoms with Gasteiger partial charge in [0.1, 0.15) is 0 Å². The fourth-order valence-electron chi connectivity index (χ4n) is 2.77. The number of amides is 2. The molecule has 1 aliphatic rings. The molecule has 0 unspecified atom stereocenters. The van der Waals surface area contributed by atoms with Crippen LogP contribution in [0.25, 0.3) is 0 Å². The number of hydrogen-bond donors (Lipinski definition) is 2. The highest BCUT2D eigenvalue weighted by molar-refractivity contribution is 5.73. The SMILES string of the molecule is Cc1ccnc(CNC(=O)NCc2cccc3c2CCOC3)c1. The van der Waals surface area contributed by atoms with Crippen molar-refractivity contribution < 1.29 is 9.53 Å². The van der Waals surface area contributed by atoms with E-state index < -0.39 is 0 Å². The van der Waals surface area contributed by atoms with Crippen LogP contribution in [0.15, 0.2) is 36.5 Å². The second kappa shape index (κ2) is 7.24. The van der Waals surface area contributed by atoms with Crippen molar-refractivity contribution in [1.82, 2.24) is 15.6 Å². The summed E-state index contributed by atoms with van der Waals surface area (Å²) in [7, 11) is 0. The smallest absolute Gasteiger partial charge is 0.315 e. The predicted molar refractivity (Wildman–Crippen MR) is 87.9 cm³/mol. The van der Waals surface area contributed by atoms with Crippen molar-refractivity contribution in [3.05, 3.63) is 64.5 Å². The predicted octanol–water partition coefficient (Wildman–Crippen LogP) is 2.46. The van der Waals surface area contributed by atoms with E-state index in [4.69, 9.17) is 4.74 Å². The first kappa shape index (κ1) is 15.5. The summed E-state index contributed by atoms with van der Waals surface area (Å²) in [5.41, 5.74) is 5.68. The average Bonchev–Trinajstić information content (AvgIpc) is 2.58. The number of rotatable bonds is 4. The van der Waals surface area contributed by atoms with Crippen LogP contribution in [0.5, 0.6) is 0 Å². The van der Waals surface area contributed by atoms with Crippen LogP contribution in [0, 0.1) is 6.92 Å². The molecular weight excluding hydrogens is 290 g/mol. The van der Waals surface area contributed by atoms with Crippen molar-refractivity contribution in [1.29, 1.82) is 0 Å². The molecule has 120 valence electrons. The van der Waals surface area contributed by atoms with Gasteiger partial charge >= 0.3 is 6.03 Å². The van der Waals surface area contributed by atoms with Crippen molar-refractivity contribution in [3.63, 3.8) is 0 Å². The first-order chi connectivity index (χ1) is 11.2. The molecule has 1 aromatic heterocycles. The summed E-state index contributed by atoms with van der Waals surface area (Å²) in [6.07, 6.45) is 2.66. The molecule has 0 radical (unpaired) electrons. The molecular formula is C18H21N3O2. The second-order valence-electron chi connectivity index (χ2n) is 5.72. The van der Waals surface area contributed by atoms with Crippen LogP contribution in [0.2, 0.25) is 0 Å². The lowest BCUT2D eigenvalue weighted by Gasteiger charge is -2.20. The summed E-state index contributed by atoms with van der Waals surface area (Å²) in [6.45, 7) is 4.36. The monoisotopic (exact) mass is 311 g/mol. The zero-order valence-electron chi connectivity index (χ0n) is 13.3.